The summed E-state index contributed by atoms with van der Waals surface area (Å²) in [4.78, 5) is 25.5. The van der Waals surface area contributed by atoms with Crippen LogP contribution in [-0.4, -0.2) is 18.0 Å². The van der Waals surface area contributed by atoms with Crippen molar-refractivity contribution in [2.24, 2.45) is 5.16 Å². The second-order valence-electron chi connectivity index (χ2n) is 2.95. The van der Waals surface area contributed by atoms with Crippen LogP contribution in [0.25, 0.3) is 0 Å². The first kappa shape index (κ1) is 11.1. The lowest BCUT2D eigenvalue weighted by Crippen LogP contribution is -2.06. The normalized spacial score (nSPS) is 10.9. The van der Waals surface area contributed by atoms with Crippen LogP contribution in [0.2, 0.25) is 0 Å². The number of rotatable bonds is 4. The van der Waals surface area contributed by atoms with Gasteiger partial charge in [0.15, 0.2) is 6.29 Å². The molecule has 0 aliphatic carbocycles. The molecular formula is C11H11NO3. The number of carbonyl (C=O) groups excluding carboxylic acids is 2. The van der Waals surface area contributed by atoms with E-state index in [1.165, 1.54) is 6.92 Å². The molecule has 0 fully saturated rings. The van der Waals surface area contributed by atoms with Gasteiger partial charge in [0.1, 0.15) is 5.71 Å². The Labute approximate surface area is 87.5 Å². The summed E-state index contributed by atoms with van der Waals surface area (Å²) < 4.78 is 0. The second-order valence-corrected chi connectivity index (χ2v) is 2.95. The van der Waals surface area contributed by atoms with Crippen molar-refractivity contribution in [1.29, 1.82) is 0 Å². The summed E-state index contributed by atoms with van der Waals surface area (Å²) in [7, 11) is 0. The molecule has 0 saturated carbocycles. The lowest BCUT2D eigenvalue weighted by molar-refractivity contribution is -0.140. The van der Waals surface area contributed by atoms with Crippen molar-refractivity contribution in [3.05, 3.63) is 35.9 Å². The Bertz CT molecular complexity index is 371. The summed E-state index contributed by atoms with van der Waals surface area (Å²) in [5.74, 6) is -0.539. The van der Waals surface area contributed by atoms with E-state index in [9.17, 15) is 9.59 Å². The SMILES string of the molecule is CC(=O)ON=C(C=O)Cc1ccccc1. The van der Waals surface area contributed by atoms with Gasteiger partial charge in [0, 0.05) is 13.3 Å². The molecule has 0 radical (unpaired) electrons. The minimum atomic E-state index is -0.539. The molecule has 1 aromatic carbocycles. The quantitative estimate of drug-likeness (QED) is 0.322. The number of benzene rings is 1. The number of hydrogen-bond donors (Lipinski definition) is 0. The number of oxime groups is 1. The van der Waals surface area contributed by atoms with Gasteiger partial charge in [-0.3, -0.25) is 4.79 Å². The molecule has 0 aliphatic heterocycles. The third kappa shape index (κ3) is 4.17. The van der Waals surface area contributed by atoms with Gasteiger partial charge in [-0.1, -0.05) is 35.5 Å². The Kier molecular flexibility index (Phi) is 4.22. The minimum Gasteiger partial charge on any atom is -0.318 e. The van der Waals surface area contributed by atoms with Crippen molar-refractivity contribution in [2.45, 2.75) is 13.3 Å². The van der Waals surface area contributed by atoms with Crippen molar-refractivity contribution in [3.8, 4) is 0 Å². The average molecular weight is 205 g/mol. The second kappa shape index (κ2) is 5.70. The summed E-state index contributed by atoms with van der Waals surface area (Å²) >= 11 is 0. The molecule has 1 aromatic rings. The number of carbonyl (C=O) groups is 2. The van der Waals surface area contributed by atoms with Crippen molar-refractivity contribution >= 4 is 18.0 Å². The van der Waals surface area contributed by atoms with Crippen LogP contribution in [0, 0.1) is 0 Å². The van der Waals surface area contributed by atoms with E-state index in [-0.39, 0.29) is 5.71 Å². The first-order chi connectivity index (χ1) is 7.22. The first-order valence-electron chi connectivity index (χ1n) is 4.46. The summed E-state index contributed by atoms with van der Waals surface area (Å²) in [6.07, 6.45) is 0.938. The van der Waals surface area contributed by atoms with Crippen LogP contribution in [0.4, 0.5) is 0 Å². The van der Waals surface area contributed by atoms with Gasteiger partial charge in [0.05, 0.1) is 0 Å². The maximum atomic E-state index is 10.6. The molecule has 0 saturated heterocycles. The zero-order chi connectivity index (χ0) is 11.1. The zero-order valence-corrected chi connectivity index (χ0v) is 8.34. The van der Waals surface area contributed by atoms with Gasteiger partial charge in [0.25, 0.3) is 0 Å². The van der Waals surface area contributed by atoms with E-state index < -0.39 is 5.97 Å². The zero-order valence-electron chi connectivity index (χ0n) is 8.34. The summed E-state index contributed by atoms with van der Waals surface area (Å²) in [5, 5.41) is 3.44. The first-order valence-corrected chi connectivity index (χ1v) is 4.46. The van der Waals surface area contributed by atoms with Crippen molar-refractivity contribution < 1.29 is 14.4 Å². The Morgan fingerprint density at radius 1 is 1.40 bits per heavy atom. The van der Waals surface area contributed by atoms with Crippen LogP contribution in [0.3, 0.4) is 0 Å². The molecule has 0 spiro atoms. The molecule has 0 atom stereocenters. The van der Waals surface area contributed by atoms with E-state index in [0.29, 0.717) is 12.7 Å². The van der Waals surface area contributed by atoms with Gasteiger partial charge >= 0.3 is 5.97 Å². The number of aldehydes is 1. The fraction of sp³-hybridized carbons (Fsp3) is 0.182. The number of nitrogens with zero attached hydrogens (tertiary/aromatic N) is 1. The molecule has 1 rings (SSSR count). The van der Waals surface area contributed by atoms with E-state index >= 15 is 0 Å². The lowest BCUT2D eigenvalue weighted by Gasteiger charge is -1.98. The molecule has 0 amide bonds. The molecule has 0 bridgehead atoms. The van der Waals surface area contributed by atoms with Crippen LogP contribution >= 0.6 is 0 Å². The van der Waals surface area contributed by atoms with E-state index in [4.69, 9.17) is 0 Å². The van der Waals surface area contributed by atoms with E-state index in [1.54, 1.807) is 0 Å². The third-order valence-electron chi connectivity index (χ3n) is 1.66. The van der Waals surface area contributed by atoms with Crippen LogP contribution in [0.15, 0.2) is 35.5 Å². The predicted octanol–water partition coefficient (Wildman–Crippen LogP) is 1.35. The lowest BCUT2D eigenvalue weighted by atomic mass is 10.1. The molecule has 78 valence electrons. The van der Waals surface area contributed by atoms with Crippen LogP contribution in [0.5, 0.6) is 0 Å². The third-order valence-corrected chi connectivity index (χ3v) is 1.66. The van der Waals surface area contributed by atoms with E-state index in [0.717, 1.165) is 5.56 Å². The molecule has 0 N–H and O–H groups in total. The van der Waals surface area contributed by atoms with Gasteiger partial charge in [-0.25, -0.2) is 4.79 Å². The predicted molar refractivity (Wildman–Crippen MR) is 55.4 cm³/mol. The van der Waals surface area contributed by atoms with Crippen molar-refractivity contribution in [2.75, 3.05) is 0 Å². The fourth-order valence-corrected chi connectivity index (χ4v) is 1.02. The molecule has 0 heterocycles. The maximum Gasteiger partial charge on any atom is 0.331 e. The maximum absolute atomic E-state index is 10.6. The Morgan fingerprint density at radius 2 is 2.07 bits per heavy atom. The monoisotopic (exact) mass is 205 g/mol. The summed E-state index contributed by atoms with van der Waals surface area (Å²) in [5.41, 5.74) is 1.13. The molecule has 15 heavy (non-hydrogen) atoms. The molecule has 4 heteroatoms. The van der Waals surface area contributed by atoms with E-state index in [2.05, 4.69) is 9.99 Å². The van der Waals surface area contributed by atoms with Gasteiger partial charge < -0.3 is 4.84 Å². The standard InChI is InChI=1S/C11H11NO3/c1-9(14)15-12-11(8-13)7-10-5-3-2-4-6-10/h2-6,8H,7H2,1H3. The average Bonchev–Trinajstić information content (AvgIpc) is 2.25. The Balaban J connectivity index is 2.65. The van der Waals surface area contributed by atoms with Gasteiger partial charge in [-0.05, 0) is 5.56 Å². The largest absolute Gasteiger partial charge is 0.331 e. The molecule has 0 aliphatic rings. The van der Waals surface area contributed by atoms with Crippen LogP contribution in [-0.2, 0) is 20.8 Å². The fourth-order valence-electron chi connectivity index (χ4n) is 1.02. The Hall–Kier alpha value is -1.97. The molecule has 0 aromatic heterocycles. The molecule has 0 unspecified atom stereocenters. The number of hydrogen-bond acceptors (Lipinski definition) is 4. The molecular weight excluding hydrogens is 194 g/mol. The highest BCUT2D eigenvalue weighted by molar-refractivity contribution is 6.28. The topological polar surface area (TPSA) is 55.7 Å². The van der Waals surface area contributed by atoms with Crippen molar-refractivity contribution in [3.63, 3.8) is 0 Å². The van der Waals surface area contributed by atoms with Crippen LogP contribution in [0.1, 0.15) is 12.5 Å². The highest BCUT2D eigenvalue weighted by Crippen LogP contribution is 2.00. The van der Waals surface area contributed by atoms with E-state index in [1.807, 2.05) is 30.3 Å². The highest BCUT2D eigenvalue weighted by Gasteiger charge is 2.01. The Morgan fingerprint density at radius 3 is 2.60 bits per heavy atom. The van der Waals surface area contributed by atoms with Gasteiger partial charge in [0.2, 0.25) is 0 Å². The summed E-state index contributed by atoms with van der Waals surface area (Å²) in [6, 6.07) is 9.35. The van der Waals surface area contributed by atoms with Crippen LogP contribution < -0.4 is 0 Å². The smallest absolute Gasteiger partial charge is 0.318 e. The van der Waals surface area contributed by atoms with Gasteiger partial charge in [-0.15, -0.1) is 0 Å². The van der Waals surface area contributed by atoms with Gasteiger partial charge in [-0.2, -0.15) is 0 Å². The highest BCUT2D eigenvalue weighted by atomic mass is 16.7. The molecule has 4 nitrogen and oxygen atoms in total. The van der Waals surface area contributed by atoms with Crippen molar-refractivity contribution in [1.82, 2.24) is 0 Å². The minimum absolute atomic E-state index is 0.191. The summed E-state index contributed by atoms with van der Waals surface area (Å²) in [6.45, 7) is 1.23.